The van der Waals surface area contributed by atoms with Crippen molar-refractivity contribution in [2.24, 2.45) is 5.73 Å². The van der Waals surface area contributed by atoms with E-state index in [-0.39, 0.29) is 5.56 Å². The average Bonchev–Trinajstić information content (AvgIpc) is 2.24. The highest BCUT2D eigenvalue weighted by atomic mass is 16.5. The summed E-state index contributed by atoms with van der Waals surface area (Å²) in [6.45, 7) is 2.16. The zero-order valence-electron chi connectivity index (χ0n) is 9.72. The fourth-order valence-corrected chi connectivity index (χ4v) is 1.14. The molecule has 1 heterocycles. The molecule has 16 heavy (non-hydrogen) atoms. The van der Waals surface area contributed by atoms with E-state index in [9.17, 15) is 4.79 Å². The second-order valence-electron chi connectivity index (χ2n) is 3.69. The van der Waals surface area contributed by atoms with Crippen molar-refractivity contribution in [1.29, 1.82) is 0 Å². The van der Waals surface area contributed by atoms with E-state index >= 15 is 0 Å². The third-order valence-electron chi connectivity index (χ3n) is 1.99. The van der Waals surface area contributed by atoms with Gasteiger partial charge in [0.15, 0.2) is 0 Å². The number of nitrogens with zero attached hydrogens (tertiary/aromatic N) is 3. The lowest BCUT2D eigenvalue weighted by Crippen LogP contribution is -2.28. The van der Waals surface area contributed by atoms with Gasteiger partial charge in [-0.2, -0.15) is 5.10 Å². The Morgan fingerprint density at radius 2 is 2.31 bits per heavy atom. The molecule has 0 bridgehead atoms. The molecule has 0 aliphatic heterocycles. The molecule has 0 aliphatic carbocycles. The summed E-state index contributed by atoms with van der Waals surface area (Å²) in [5.74, 6) is 0.469. The molecule has 6 heteroatoms. The highest BCUT2D eigenvalue weighted by Crippen LogP contribution is 2.02. The maximum atomic E-state index is 11.6. The first kappa shape index (κ1) is 12.7. The third-order valence-corrected chi connectivity index (χ3v) is 1.99. The van der Waals surface area contributed by atoms with Crippen LogP contribution in [0.2, 0.25) is 0 Å². The van der Waals surface area contributed by atoms with Crippen LogP contribution in [-0.4, -0.2) is 48.5 Å². The molecule has 0 saturated carbocycles. The Labute approximate surface area is 94.6 Å². The van der Waals surface area contributed by atoms with E-state index < -0.39 is 0 Å². The van der Waals surface area contributed by atoms with Crippen molar-refractivity contribution in [2.75, 3.05) is 33.8 Å². The van der Waals surface area contributed by atoms with Crippen LogP contribution in [0.1, 0.15) is 0 Å². The van der Waals surface area contributed by atoms with Crippen LogP contribution < -0.4 is 16.0 Å². The summed E-state index contributed by atoms with van der Waals surface area (Å²) in [5, 5.41) is 4.01. The molecule has 0 amide bonds. The van der Waals surface area contributed by atoms with Gasteiger partial charge in [-0.05, 0) is 14.1 Å². The Morgan fingerprint density at radius 1 is 1.56 bits per heavy atom. The zero-order chi connectivity index (χ0) is 12.0. The summed E-state index contributed by atoms with van der Waals surface area (Å²) >= 11 is 0. The van der Waals surface area contributed by atoms with Gasteiger partial charge >= 0.3 is 0 Å². The number of aromatic nitrogens is 2. The van der Waals surface area contributed by atoms with Gasteiger partial charge in [0.2, 0.25) is 0 Å². The Kier molecular flexibility index (Phi) is 4.94. The van der Waals surface area contributed by atoms with Gasteiger partial charge in [-0.25, -0.2) is 4.68 Å². The van der Waals surface area contributed by atoms with E-state index in [0.29, 0.717) is 25.4 Å². The second-order valence-corrected chi connectivity index (χ2v) is 3.69. The SMILES string of the molecule is CN(C)CCn1ncc(OCCN)cc1=O. The van der Waals surface area contributed by atoms with E-state index in [1.807, 2.05) is 19.0 Å². The quantitative estimate of drug-likeness (QED) is 0.683. The minimum Gasteiger partial charge on any atom is -0.490 e. The summed E-state index contributed by atoms with van der Waals surface area (Å²) in [4.78, 5) is 13.6. The van der Waals surface area contributed by atoms with Crippen LogP contribution in [0.5, 0.6) is 5.75 Å². The summed E-state index contributed by atoms with van der Waals surface area (Å²) in [5.41, 5.74) is 5.13. The highest BCUT2D eigenvalue weighted by molar-refractivity contribution is 5.13. The second kappa shape index (κ2) is 6.24. The van der Waals surface area contributed by atoms with Crippen LogP contribution in [0.25, 0.3) is 0 Å². The molecule has 1 aromatic rings. The summed E-state index contributed by atoms with van der Waals surface area (Å²) in [6.07, 6.45) is 1.53. The minimum atomic E-state index is -0.156. The fourth-order valence-electron chi connectivity index (χ4n) is 1.14. The molecular formula is C10H18N4O2. The van der Waals surface area contributed by atoms with E-state index in [2.05, 4.69) is 5.10 Å². The number of likely N-dealkylation sites (N-methyl/N-ethyl adjacent to an activating group) is 1. The summed E-state index contributed by atoms with van der Waals surface area (Å²) in [6, 6.07) is 1.43. The lowest BCUT2D eigenvalue weighted by Gasteiger charge is -2.10. The smallest absolute Gasteiger partial charge is 0.270 e. The summed E-state index contributed by atoms with van der Waals surface area (Å²) < 4.78 is 6.62. The minimum absolute atomic E-state index is 0.156. The molecule has 0 atom stereocenters. The van der Waals surface area contributed by atoms with Crippen molar-refractivity contribution < 1.29 is 4.74 Å². The van der Waals surface area contributed by atoms with Gasteiger partial charge in [0.25, 0.3) is 5.56 Å². The predicted molar refractivity (Wildman–Crippen MR) is 61.6 cm³/mol. The van der Waals surface area contributed by atoms with E-state index in [0.717, 1.165) is 6.54 Å². The lowest BCUT2D eigenvalue weighted by molar-refractivity contribution is 0.321. The van der Waals surface area contributed by atoms with Crippen LogP contribution in [0, 0.1) is 0 Å². The Bertz CT molecular complexity index is 375. The van der Waals surface area contributed by atoms with Gasteiger partial charge in [-0.3, -0.25) is 4.79 Å². The van der Waals surface area contributed by atoms with Crippen molar-refractivity contribution in [2.45, 2.75) is 6.54 Å². The monoisotopic (exact) mass is 226 g/mol. The van der Waals surface area contributed by atoms with E-state index in [1.54, 1.807) is 0 Å². The van der Waals surface area contributed by atoms with Gasteiger partial charge in [0, 0.05) is 19.2 Å². The largest absolute Gasteiger partial charge is 0.490 e. The molecule has 2 N–H and O–H groups in total. The Morgan fingerprint density at radius 3 is 2.88 bits per heavy atom. The first-order valence-corrected chi connectivity index (χ1v) is 5.18. The fraction of sp³-hybridized carbons (Fsp3) is 0.600. The molecule has 0 unspecified atom stereocenters. The van der Waals surface area contributed by atoms with Crippen molar-refractivity contribution in [3.05, 3.63) is 22.6 Å². The average molecular weight is 226 g/mol. The van der Waals surface area contributed by atoms with Crippen molar-refractivity contribution in [3.8, 4) is 5.75 Å². The van der Waals surface area contributed by atoms with Crippen molar-refractivity contribution in [1.82, 2.24) is 14.7 Å². The topological polar surface area (TPSA) is 73.4 Å². The first-order chi connectivity index (χ1) is 7.63. The lowest BCUT2D eigenvalue weighted by atomic mass is 10.5. The van der Waals surface area contributed by atoms with Crippen LogP contribution in [0.15, 0.2) is 17.1 Å². The van der Waals surface area contributed by atoms with Crippen LogP contribution >= 0.6 is 0 Å². The van der Waals surface area contributed by atoms with Gasteiger partial charge < -0.3 is 15.4 Å². The molecule has 0 spiro atoms. The van der Waals surface area contributed by atoms with Gasteiger partial charge in [-0.15, -0.1) is 0 Å². The molecular weight excluding hydrogens is 208 g/mol. The standard InChI is InChI=1S/C10H18N4O2/c1-13(2)4-5-14-10(15)7-9(8-12-14)16-6-3-11/h7-8H,3-6,11H2,1-2H3. The Balaban J connectivity index is 2.64. The molecule has 90 valence electrons. The van der Waals surface area contributed by atoms with Crippen LogP contribution in [0.3, 0.4) is 0 Å². The molecule has 0 fully saturated rings. The maximum absolute atomic E-state index is 11.6. The number of nitrogens with two attached hydrogens (primary N) is 1. The highest BCUT2D eigenvalue weighted by Gasteiger charge is 2.01. The number of rotatable bonds is 6. The van der Waals surface area contributed by atoms with Crippen molar-refractivity contribution in [3.63, 3.8) is 0 Å². The molecule has 0 saturated heterocycles. The molecule has 6 nitrogen and oxygen atoms in total. The van der Waals surface area contributed by atoms with E-state index in [1.165, 1.54) is 16.9 Å². The normalized spacial score (nSPS) is 10.8. The number of hydrogen-bond donors (Lipinski definition) is 1. The third kappa shape index (κ3) is 4.00. The Hall–Kier alpha value is -1.40. The van der Waals surface area contributed by atoms with Gasteiger partial charge in [0.05, 0.1) is 12.7 Å². The van der Waals surface area contributed by atoms with Gasteiger partial charge in [0.1, 0.15) is 12.4 Å². The predicted octanol–water partition coefficient (Wildman–Crippen LogP) is -0.858. The summed E-state index contributed by atoms with van der Waals surface area (Å²) in [7, 11) is 3.90. The molecule has 0 aromatic carbocycles. The van der Waals surface area contributed by atoms with Crippen molar-refractivity contribution >= 4 is 0 Å². The first-order valence-electron chi connectivity index (χ1n) is 5.18. The molecule has 0 aliphatic rings. The number of hydrogen-bond acceptors (Lipinski definition) is 5. The van der Waals surface area contributed by atoms with Gasteiger partial charge in [-0.1, -0.05) is 0 Å². The molecule has 1 aromatic heterocycles. The zero-order valence-corrected chi connectivity index (χ0v) is 9.72. The van der Waals surface area contributed by atoms with E-state index in [4.69, 9.17) is 10.5 Å². The van der Waals surface area contributed by atoms with Crippen LogP contribution in [0.4, 0.5) is 0 Å². The van der Waals surface area contributed by atoms with Crippen LogP contribution in [-0.2, 0) is 6.54 Å². The number of ether oxygens (including phenoxy) is 1. The maximum Gasteiger partial charge on any atom is 0.270 e. The molecule has 0 radical (unpaired) electrons. The molecule has 1 rings (SSSR count).